The first-order valence-electron chi connectivity index (χ1n) is 4.20. The second kappa shape index (κ2) is 4.35. The third kappa shape index (κ3) is 2.23. The number of hydrogen-bond donors (Lipinski definition) is 0. The van der Waals surface area contributed by atoms with E-state index in [4.69, 9.17) is 23.2 Å². The molecule has 0 fully saturated rings. The molecule has 0 radical (unpaired) electrons. The van der Waals surface area contributed by atoms with Gasteiger partial charge in [0.25, 0.3) is 0 Å². The van der Waals surface area contributed by atoms with Gasteiger partial charge >= 0.3 is 0 Å². The minimum Gasteiger partial charge on any atom is -0.298 e. The van der Waals surface area contributed by atoms with Gasteiger partial charge in [-0.15, -0.1) is 11.3 Å². The van der Waals surface area contributed by atoms with E-state index in [0.717, 1.165) is 16.7 Å². The molecule has 1 nitrogen and oxygen atoms in total. The van der Waals surface area contributed by atoms with Crippen LogP contribution in [0.2, 0.25) is 10.0 Å². The summed E-state index contributed by atoms with van der Waals surface area (Å²) in [5, 5.41) is 3.06. The Bertz CT molecular complexity index is 505. The molecule has 0 spiro atoms. The lowest BCUT2D eigenvalue weighted by Crippen LogP contribution is -1.76. The molecule has 1 heterocycles. The Morgan fingerprint density at radius 1 is 1.20 bits per heavy atom. The molecule has 4 heteroatoms. The minimum atomic E-state index is 0.635. The van der Waals surface area contributed by atoms with Crippen molar-refractivity contribution in [3.05, 3.63) is 45.3 Å². The van der Waals surface area contributed by atoms with Gasteiger partial charge < -0.3 is 0 Å². The van der Waals surface area contributed by atoms with Gasteiger partial charge in [0, 0.05) is 31.4 Å². The average Bonchev–Trinajstić information content (AvgIpc) is 2.70. The Hall–Kier alpha value is -0.830. The van der Waals surface area contributed by atoms with Crippen molar-refractivity contribution in [2.24, 2.45) is 0 Å². The van der Waals surface area contributed by atoms with Crippen molar-refractivity contribution in [1.29, 1.82) is 0 Å². The van der Waals surface area contributed by atoms with Crippen molar-refractivity contribution in [3.63, 3.8) is 0 Å². The summed E-state index contributed by atoms with van der Waals surface area (Å²) in [7, 11) is 0. The van der Waals surface area contributed by atoms with Crippen molar-refractivity contribution >= 4 is 40.8 Å². The highest BCUT2D eigenvalue weighted by atomic mass is 35.5. The quantitative estimate of drug-likeness (QED) is 0.722. The van der Waals surface area contributed by atoms with Gasteiger partial charge in [0.2, 0.25) is 0 Å². The average molecular weight is 257 g/mol. The van der Waals surface area contributed by atoms with Crippen LogP contribution in [0, 0.1) is 0 Å². The molecule has 0 atom stereocenters. The van der Waals surface area contributed by atoms with E-state index in [1.807, 2.05) is 0 Å². The van der Waals surface area contributed by atoms with Crippen LogP contribution < -0.4 is 0 Å². The molecule has 2 rings (SSSR count). The number of rotatable bonds is 2. The van der Waals surface area contributed by atoms with Crippen molar-refractivity contribution in [3.8, 4) is 10.4 Å². The van der Waals surface area contributed by atoms with Gasteiger partial charge in [-0.25, -0.2) is 0 Å². The molecule has 0 aliphatic rings. The SMILES string of the molecule is O=Cc1csc(-c2cc(Cl)ccc2Cl)c1. The largest absolute Gasteiger partial charge is 0.298 e. The summed E-state index contributed by atoms with van der Waals surface area (Å²) in [6.45, 7) is 0. The second-order valence-electron chi connectivity index (χ2n) is 2.99. The molecule has 15 heavy (non-hydrogen) atoms. The smallest absolute Gasteiger partial charge is 0.150 e. The first kappa shape index (κ1) is 10.7. The number of thiophene rings is 1. The molecule has 0 saturated carbocycles. The normalized spacial score (nSPS) is 10.3. The highest BCUT2D eigenvalue weighted by Gasteiger charge is 2.07. The fraction of sp³-hybridized carbons (Fsp3) is 0. The molecule has 0 saturated heterocycles. The molecule has 0 amide bonds. The van der Waals surface area contributed by atoms with Crippen LogP contribution in [0.1, 0.15) is 10.4 Å². The zero-order chi connectivity index (χ0) is 10.8. The van der Waals surface area contributed by atoms with Crippen molar-refractivity contribution in [2.45, 2.75) is 0 Å². The Kier molecular flexibility index (Phi) is 3.10. The van der Waals surface area contributed by atoms with Gasteiger partial charge in [0.15, 0.2) is 6.29 Å². The van der Waals surface area contributed by atoms with Crippen LogP contribution in [-0.2, 0) is 0 Å². The second-order valence-corrected chi connectivity index (χ2v) is 4.74. The molecule has 1 aromatic heterocycles. The predicted molar refractivity (Wildman–Crippen MR) is 65.2 cm³/mol. The minimum absolute atomic E-state index is 0.635. The van der Waals surface area contributed by atoms with Crippen LogP contribution in [0.4, 0.5) is 0 Å². The molecular weight excluding hydrogens is 251 g/mol. The van der Waals surface area contributed by atoms with E-state index in [2.05, 4.69) is 0 Å². The summed E-state index contributed by atoms with van der Waals surface area (Å²) in [5.74, 6) is 0. The molecular formula is C11H6Cl2OS. The molecule has 0 unspecified atom stereocenters. The third-order valence-corrected chi connectivity index (χ3v) is 3.50. The third-order valence-electron chi connectivity index (χ3n) is 1.95. The maximum atomic E-state index is 10.6. The van der Waals surface area contributed by atoms with E-state index in [1.165, 1.54) is 11.3 Å². The van der Waals surface area contributed by atoms with Crippen LogP contribution >= 0.6 is 34.5 Å². The van der Waals surface area contributed by atoms with Crippen molar-refractivity contribution in [1.82, 2.24) is 0 Å². The summed E-state index contributed by atoms with van der Waals surface area (Å²) < 4.78 is 0. The van der Waals surface area contributed by atoms with E-state index in [9.17, 15) is 4.79 Å². The summed E-state index contributed by atoms with van der Waals surface area (Å²) in [4.78, 5) is 11.5. The van der Waals surface area contributed by atoms with E-state index >= 15 is 0 Å². The van der Waals surface area contributed by atoms with Gasteiger partial charge in [-0.2, -0.15) is 0 Å². The lowest BCUT2D eigenvalue weighted by Gasteiger charge is -2.01. The summed E-state index contributed by atoms with van der Waals surface area (Å²) >= 11 is 13.4. The number of hydrogen-bond acceptors (Lipinski definition) is 2. The van der Waals surface area contributed by atoms with Crippen LogP contribution in [-0.4, -0.2) is 6.29 Å². The fourth-order valence-electron chi connectivity index (χ4n) is 1.24. The first-order valence-corrected chi connectivity index (χ1v) is 5.83. The van der Waals surface area contributed by atoms with Crippen molar-refractivity contribution < 1.29 is 4.79 Å². The lowest BCUT2D eigenvalue weighted by atomic mass is 10.2. The van der Waals surface area contributed by atoms with Crippen LogP contribution in [0.15, 0.2) is 29.6 Å². The topological polar surface area (TPSA) is 17.1 Å². The number of carbonyl (C=O) groups is 1. The molecule has 76 valence electrons. The van der Waals surface area contributed by atoms with Gasteiger partial charge in [0.05, 0.1) is 0 Å². The maximum absolute atomic E-state index is 10.6. The Labute approximate surface area is 101 Å². The zero-order valence-corrected chi connectivity index (χ0v) is 9.86. The molecule has 0 bridgehead atoms. The van der Waals surface area contributed by atoms with Gasteiger partial charge in [-0.1, -0.05) is 23.2 Å². The lowest BCUT2D eigenvalue weighted by molar-refractivity contribution is 0.112. The maximum Gasteiger partial charge on any atom is 0.150 e. The Balaban J connectivity index is 2.52. The van der Waals surface area contributed by atoms with E-state index < -0.39 is 0 Å². The molecule has 1 aromatic carbocycles. The number of carbonyl (C=O) groups excluding carboxylic acids is 1. The van der Waals surface area contributed by atoms with Crippen LogP contribution in [0.3, 0.4) is 0 Å². The number of halogens is 2. The van der Waals surface area contributed by atoms with Crippen molar-refractivity contribution in [2.75, 3.05) is 0 Å². The molecule has 2 aromatic rings. The van der Waals surface area contributed by atoms with Crippen LogP contribution in [0.5, 0.6) is 0 Å². The molecule has 0 aliphatic heterocycles. The van der Waals surface area contributed by atoms with E-state index in [1.54, 1.807) is 29.6 Å². The first-order chi connectivity index (χ1) is 7.20. The molecule has 0 N–H and O–H groups in total. The van der Waals surface area contributed by atoms with E-state index in [0.29, 0.717) is 15.6 Å². The highest BCUT2D eigenvalue weighted by molar-refractivity contribution is 7.13. The highest BCUT2D eigenvalue weighted by Crippen LogP contribution is 2.34. The number of aldehydes is 1. The monoisotopic (exact) mass is 256 g/mol. The Morgan fingerprint density at radius 2 is 2.00 bits per heavy atom. The summed E-state index contributed by atoms with van der Waals surface area (Å²) in [6.07, 6.45) is 0.818. The van der Waals surface area contributed by atoms with Gasteiger partial charge in [-0.05, 0) is 24.3 Å². The summed E-state index contributed by atoms with van der Waals surface area (Å²) in [5.41, 5.74) is 1.52. The fourth-order valence-corrected chi connectivity index (χ4v) is 2.57. The zero-order valence-electron chi connectivity index (χ0n) is 7.54. The predicted octanol–water partition coefficient (Wildman–Crippen LogP) is 4.53. The van der Waals surface area contributed by atoms with Gasteiger partial charge in [-0.3, -0.25) is 4.79 Å². The Morgan fingerprint density at radius 3 is 2.67 bits per heavy atom. The number of benzene rings is 1. The standard InChI is InChI=1S/C11H6Cl2OS/c12-8-1-2-10(13)9(4-8)11-3-7(5-14)6-15-11/h1-6H. The summed E-state index contributed by atoms with van der Waals surface area (Å²) in [6, 6.07) is 7.08. The van der Waals surface area contributed by atoms with E-state index in [-0.39, 0.29) is 0 Å². The molecule has 0 aliphatic carbocycles. The van der Waals surface area contributed by atoms with Gasteiger partial charge in [0.1, 0.15) is 0 Å². The van der Waals surface area contributed by atoms with Crippen LogP contribution in [0.25, 0.3) is 10.4 Å².